The summed E-state index contributed by atoms with van der Waals surface area (Å²) in [4.78, 5) is 11.6. The second-order valence-electron chi connectivity index (χ2n) is 7.65. The van der Waals surface area contributed by atoms with E-state index in [2.05, 4.69) is 48.7 Å². The van der Waals surface area contributed by atoms with Gasteiger partial charge in [-0.2, -0.15) is 0 Å². The van der Waals surface area contributed by atoms with E-state index in [0.29, 0.717) is 19.1 Å². The number of nitrogens with one attached hydrogen (secondary N) is 2. The van der Waals surface area contributed by atoms with Crippen molar-refractivity contribution < 1.29 is 14.3 Å². The van der Waals surface area contributed by atoms with Crippen LogP contribution in [0.15, 0.2) is 24.3 Å². The lowest BCUT2D eigenvalue weighted by atomic mass is 10.0. The molecule has 1 unspecified atom stereocenters. The van der Waals surface area contributed by atoms with Crippen LogP contribution in [-0.4, -0.2) is 38.0 Å². The first kappa shape index (κ1) is 21.3. The summed E-state index contributed by atoms with van der Waals surface area (Å²) in [5.74, 6) is 0.501. The van der Waals surface area contributed by atoms with Crippen LogP contribution in [-0.2, 0) is 9.47 Å². The van der Waals surface area contributed by atoms with E-state index >= 15 is 0 Å². The number of anilines is 1. The van der Waals surface area contributed by atoms with E-state index in [1.54, 1.807) is 7.11 Å². The molecule has 2 N–H and O–H groups in total. The molecular formula is C20H34N2O3. The first-order valence-corrected chi connectivity index (χ1v) is 9.03. The number of methoxy groups -OCH3 is 1. The highest BCUT2D eigenvalue weighted by molar-refractivity contribution is 5.67. The Labute approximate surface area is 152 Å². The summed E-state index contributed by atoms with van der Waals surface area (Å²) in [6.45, 7) is 11.2. The van der Waals surface area contributed by atoms with Crippen LogP contribution in [0.1, 0.15) is 58.9 Å². The maximum atomic E-state index is 11.6. The van der Waals surface area contributed by atoms with Crippen LogP contribution in [0.25, 0.3) is 0 Å². The van der Waals surface area contributed by atoms with E-state index < -0.39 is 5.60 Å². The number of ether oxygens (including phenoxy) is 2. The predicted octanol–water partition coefficient (Wildman–Crippen LogP) is 4.54. The third-order valence-electron chi connectivity index (χ3n) is 3.69. The van der Waals surface area contributed by atoms with Gasteiger partial charge in [-0.05, 0) is 57.2 Å². The molecule has 0 aliphatic carbocycles. The third kappa shape index (κ3) is 9.34. The van der Waals surface area contributed by atoms with Crippen molar-refractivity contribution in [3.63, 3.8) is 0 Å². The Hall–Kier alpha value is -1.75. The van der Waals surface area contributed by atoms with Gasteiger partial charge in [0.2, 0.25) is 0 Å². The minimum atomic E-state index is -0.467. The third-order valence-corrected chi connectivity index (χ3v) is 3.69. The Balaban J connectivity index is 2.44. The van der Waals surface area contributed by atoms with Crippen molar-refractivity contribution in [1.29, 1.82) is 0 Å². The minimum absolute atomic E-state index is 0.202. The molecule has 0 saturated carbocycles. The first-order chi connectivity index (χ1) is 11.7. The summed E-state index contributed by atoms with van der Waals surface area (Å²) < 4.78 is 10.6. The predicted molar refractivity (Wildman–Crippen MR) is 103 cm³/mol. The molecule has 1 atom stereocenters. The molecule has 5 heteroatoms. The van der Waals surface area contributed by atoms with Crippen molar-refractivity contribution in [2.75, 3.05) is 25.6 Å². The number of amides is 1. The van der Waals surface area contributed by atoms with E-state index in [4.69, 9.17) is 9.47 Å². The maximum absolute atomic E-state index is 11.6. The zero-order chi connectivity index (χ0) is 18.9. The molecule has 0 heterocycles. The molecule has 0 bridgehead atoms. The van der Waals surface area contributed by atoms with Crippen molar-refractivity contribution >= 4 is 11.8 Å². The van der Waals surface area contributed by atoms with E-state index in [0.717, 1.165) is 18.5 Å². The maximum Gasteiger partial charge on any atom is 0.407 e. The van der Waals surface area contributed by atoms with E-state index in [-0.39, 0.29) is 12.1 Å². The lowest BCUT2D eigenvalue weighted by molar-refractivity contribution is 0.0526. The van der Waals surface area contributed by atoms with Gasteiger partial charge in [-0.15, -0.1) is 0 Å². The SMILES string of the molecule is COCC(CCCNC(=O)OC(C)(C)C)Nc1cccc(C(C)C)c1. The van der Waals surface area contributed by atoms with Gasteiger partial charge in [-0.3, -0.25) is 0 Å². The molecule has 1 aromatic carbocycles. The quantitative estimate of drug-likeness (QED) is 0.642. The Morgan fingerprint density at radius 2 is 1.96 bits per heavy atom. The van der Waals surface area contributed by atoms with Crippen molar-refractivity contribution in [3.8, 4) is 0 Å². The summed E-state index contributed by atoms with van der Waals surface area (Å²) in [7, 11) is 1.71. The van der Waals surface area contributed by atoms with Gasteiger partial charge in [0, 0.05) is 25.4 Å². The highest BCUT2D eigenvalue weighted by atomic mass is 16.6. The van der Waals surface area contributed by atoms with Gasteiger partial charge >= 0.3 is 6.09 Å². The van der Waals surface area contributed by atoms with Crippen LogP contribution in [0.4, 0.5) is 10.5 Å². The van der Waals surface area contributed by atoms with Gasteiger partial charge in [0.1, 0.15) is 5.60 Å². The average Bonchev–Trinajstić information content (AvgIpc) is 2.50. The molecule has 0 saturated heterocycles. The smallest absolute Gasteiger partial charge is 0.407 e. The van der Waals surface area contributed by atoms with Gasteiger partial charge in [-0.25, -0.2) is 4.79 Å². The Morgan fingerprint density at radius 3 is 2.56 bits per heavy atom. The highest BCUT2D eigenvalue weighted by Crippen LogP contribution is 2.19. The van der Waals surface area contributed by atoms with Gasteiger partial charge in [0.25, 0.3) is 0 Å². The number of benzene rings is 1. The van der Waals surface area contributed by atoms with Crippen molar-refractivity contribution in [2.45, 2.75) is 65.0 Å². The summed E-state index contributed by atoms with van der Waals surface area (Å²) in [5, 5.41) is 6.33. The fraction of sp³-hybridized carbons (Fsp3) is 0.650. The van der Waals surface area contributed by atoms with Gasteiger partial charge in [0.15, 0.2) is 0 Å². The van der Waals surface area contributed by atoms with Crippen molar-refractivity contribution in [1.82, 2.24) is 5.32 Å². The summed E-state index contributed by atoms with van der Waals surface area (Å²) in [6.07, 6.45) is 1.38. The van der Waals surface area contributed by atoms with Gasteiger partial charge < -0.3 is 20.1 Å². The molecule has 1 rings (SSSR count). The molecule has 5 nitrogen and oxygen atoms in total. The molecule has 0 fully saturated rings. The van der Waals surface area contributed by atoms with Crippen LogP contribution in [0, 0.1) is 0 Å². The van der Waals surface area contributed by atoms with Crippen molar-refractivity contribution in [3.05, 3.63) is 29.8 Å². The number of hydrogen-bond donors (Lipinski definition) is 2. The topological polar surface area (TPSA) is 59.6 Å². The van der Waals surface area contributed by atoms with E-state index in [9.17, 15) is 4.79 Å². The van der Waals surface area contributed by atoms with Gasteiger partial charge in [0.05, 0.1) is 6.61 Å². The number of rotatable bonds is 9. The number of hydrogen-bond acceptors (Lipinski definition) is 4. The molecule has 1 amide bonds. The highest BCUT2D eigenvalue weighted by Gasteiger charge is 2.16. The molecule has 142 valence electrons. The number of alkyl carbamates (subject to hydrolysis) is 1. The number of carbonyl (C=O) groups is 1. The summed E-state index contributed by atoms with van der Waals surface area (Å²) in [6, 6.07) is 8.69. The zero-order valence-electron chi connectivity index (χ0n) is 16.5. The van der Waals surface area contributed by atoms with E-state index in [1.165, 1.54) is 5.56 Å². The lowest BCUT2D eigenvalue weighted by Gasteiger charge is -2.21. The molecule has 25 heavy (non-hydrogen) atoms. The van der Waals surface area contributed by atoms with E-state index in [1.807, 2.05) is 20.8 Å². The summed E-state index contributed by atoms with van der Waals surface area (Å²) >= 11 is 0. The summed E-state index contributed by atoms with van der Waals surface area (Å²) in [5.41, 5.74) is 1.95. The minimum Gasteiger partial charge on any atom is -0.444 e. The molecule has 0 radical (unpaired) electrons. The number of carbonyl (C=O) groups excluding carboxylic acids is 1. The molecule has 0 aliphatic rings. The van der Waals surface area contributed by atoms with Crippen molar-refractivity contribution in [2.24, 2.45) is 0 Å². The van der Waals surface area contributed by atoms with Crippen LogP contribution in [0.2, 0.25) is 0 Å². The monoisotopic (exact) mass is 350 g/mol. The average molecular weight is 351 g/mol. The van der Waals surface area contributed by atoms with Crippen LogP contribution < -0.4 is 10.6 Å². The molecular weight excluding hydrogens is 316 g/mol. The fourth-order valence-corrected chi connectivity index (χ4v) is 2.47. The Morgan fingerprint density at radius 1 is 1.24 bits per heavy atom. The van der Waals surface area contributed by atoms with Crippen LogP contribution in [0.5, 0.6) is 0 Å². The molecule has 1 aromatic rings. The largest absolute Gasteiger partial charge is 0.444 e. The van der Waals surface area contributed by atoms with Crippen LogP contribution in [0.3, 0.4) is 0 Å². The first-order valence-electron chi connectivity index (χ1n) is 9.03. The zero-order valence-corrected chi connectivity index (χ0v) is 16.5. The lowest BCUT2D eigenvalue weighted by Crippen LogP contribution is -2.33. The normalized spacial score (nSPS) is 12.8. The second-order valence-corrected chi connectivity index (χ2v) is 7.65. The second kappa shape index (κ2) is 10.3. The fourth-order valence-electron chi connectivity index (χ4n) is 2.47. The Bertz CT molecular complexity index is 524. The van der Waals surface area contributed by atoms with Crippen LogP contribution >= 0.6 is 0 Å². The van der Waals surface area contributed by atoms with Gasteiger partial charge in [-0.1, -0.05) is 26.0 Å². The Kier molecular flexibility index (Phi) is 8.76. The standard InChI is InChI=1S/C20H34N2O3/c1-15(2)16-9-7-10-17(13-16)22-18(14-24-6)11-8-12-21-19(23)25-20(3,4)5/h7,9-10,13,15,18,22H,8,11-12,14H2,1-6H3,(H,21,23). The molecule has 0 aliphatic heterocycles. The molecule has 0 aromatic heterocycles. The molecule has 0 spiro atoms.